The highest BCUT2D eigenvalue weighted by molar-refractivity contribution is 5.73. The van der Waals surface area contributed by atoms with Gasteiger partial charge in [-0.25, -0.2) is 14.8 Å². The zero-order chi connectivity index (χ0) is 14.6. The first-order chi connectivity index (χ1) is 9.44. The molecule has 6 heteroatoms. The molecule has 0 saturated heterocycles. The summed E-state index contributed by atoms with van der Waals surface area (Å²) in [5.41, 5.74) is 2.03. The molecule has 0 bridgehead atoms. The Kier molecular flexibility index (Phi) is 4.02. The standard InChI is InChI=1S/C14H18N4O2/c1-14(2,3)20-13(19)15-6-4-5-10-7-11-12(16-8-10)18-9-17-11/h4-5,7-9H,6H2,1-3H3,(H,15,19)(H,16,17,18). The zero-order valence-electron chi connectivity index (χ0n) is 11.8. The smallest absolute Gasteiger partial charge is 0.407 e. The van der Waals surface area contributed by atoms with Crippen LogP contribution < -0.4 is 5.32 Å². The molecule has 0 aromatic carbocycles. The Labute approximate surface area is 117 Å². The van der Waals surface area contributed by atoms with E-state index in [1.165, 1.54) is 0 Å². The predicted molar refractivity (Wildman–Crippen MR) is 77.2 cm³/mol. The largest absolute Gasteiger partial charge is 0.444 e. The second kappa shape index (κ2) is 5.73. The lowest BCUT2D eigenvalue weighted by molar-refractivity contribution is 0.0534. The molecule has 1 amide bonds. The van der Waals surface area contributed by atoms with E-state index in [0.29, 0.717) is 12.2 Å². The van der Waals surface area contributed by atoms with Crippen molar-refractivity contribution in [2.24, 2.45) is 0 Å². The molecule has 20 heavy (non-hydrogen) atoms. The summed E-state index contributed by atoms with van der Waals surface area (Å²) in [5.74, 6) is 0. The van der Waals surface area contributed by atoms with Gasteiger partial charge in [-0.05, 0) is 32.4 Å². The van der Waals surface area contributed by atoms with Crippen LogP contribution in [0.25, 0.3) is 17.2 Å². The summed E-state index contributed by atoms with van der Waals surface area (Å²) in [6.45, 7) is 5.88. The molecule has 6 nitrogen and oxygen atoms in total. The van der Waals surface area contributed by atoms with Gasteiger partial charge in [0.15, 0.2) is 5.65 Å². The highest BCUT2D eigenvalue weighted by Crippen LogP contribution is 2.09. The number of amides is 1. The number of imidazole rings is 1. The quantitative estimate of drug-likeness (QED) is 0.901. The fraction of sp³-hybridized carbons (Fsp3) is 0.357. The Morgan fingerprint density at radius 3 is 3.00 bits per heavy atom. The third-order valence-electron chi connectivity index (χ3n) is 2.37. The lowest BCUT2D eigenvalue weighted by Crippen LogP contribution is -2.32. The van der Waals surface area contributed by atoms with Gasteiger partial charge in [0.1, 0.15) is 5.60 Å². The van der Waals surface area contributed by atoms with Crippen LogP contribution in [-0.2, 0) is 4.74 Å². The summed E-state index contributed by atoms with van der Waals surface area (Å²) >= 11 is 0. The molecule has 0 aliphatic heterocycles. The molecular formula is C14H18N4O2. The van der Waals surface area contributed by atoms with Gasteiger partial charge in [-0.15, -0.1) is 0 Å². The number of pyridine rings is 1. The van der Waals surface area contributed by atoms with E-state index >= 15 is 0 Å². The van der Waals surface area contributed by atoms with E-state index in [-0.39, 0.29) is 0 Å². The number of rotatable bonds is 3. The van der Waals surface area contributed by atoms with Crippen LogP contribution in [0.4, 0.5) is 4.79 Å². The minimum atomic E-state index is -0.483. The van der Waals surface area contributed by atoms with Gasteiger partial charge in [-0.3, -0.25) is 0 Å². The molecule has 106 valence electrons. The third kappa shape index (κ3) is 4.08. The topological polar surface area (TPSA) is 79.9 Å². The maximum Gasteiger partial charge on any atom is 0.407 e. The molecule has 2 heterocycles. The number of carbonyl (C=O) groups is 1. The van der Waals surface area contributed by atoms with Crippen molar-refractivity contribution in [3.63, 3.8) is 0 Å². The zero-order valence-corrected chi connectivity index (χ0v) is 11.8. The lowest BCUT2D eigenvalue weighted by atomic mass is 10.2. The van der Waals surface area contributed by atoms with Crippen molar-refractivity contribution in [3.8, 4) is 0 Å². The molecule has 0 unspecified atom stereocenters. The first kappa shape index (κ1) is 14.0. The van der Waals surface area contributed by atoms with Crippen molar-refractivity contribution < 1.29 is 9.53 Å². The van der Waals surface area contributed by atoms with E-state index in [9.17, 15) is 4.79 Å². The predicted octanol–water partition coefficient (Wildman–Crippen LogP) is 2.50. The van der Waals surface area contributed by atoms with E-state index in [2.05, 4.69) is 20.3 Å². The van der Waals surface area contributed by atoms with Crippen molar-refractivity contribution in [2.45, 2.75) is 26.4 Å². The number of ether oxygens (including phenoxy) is 1. The molecule has 0 atom stereocenters. The van der Waals surface area contributed by atoms with Gasteiger partial charge in [-0.1, -0.05) is 12.2 Å². The number of aromatic nitrogens is 3. The van der Waals surface area contributed by atoms with Gasteiger partial charge in [-0.2, -0.15) is 0 Å². The number of alkyl carbamates (subject to hydrolysis) is 1. The van der Waals surface area contributed by atoms with E-state index in [0.717, 1.165) is 11.1 Å². The Balaban J connectivity index is 1.85. The first-order valence-electron chi connectivity index (χ1n) is 6.36. The molecule has 0 aliphatic rings. The number of aromatic amines is 1. The normalized spacial score (nSPS) is 11.9. The number of H-pyrrole nitrogens is 1. The summed E-state index contributed by atoms with van der Waals surface area (Å²) in [4.78, 5) is 22.7. The van der Waals surface area contributed by atoms with Crippen molar-refractivity contribution in [1.29, 1.82) is 0 Å². The summed E-state index contributed by atoms with van der Waals surface area (Å²) in [7, 11) is 0. The van der Waals surface area contributed by atoms with Gasteiger partial charge in [0.25, 0.3) is 0 Å². The number of fused-ring (bicyclic) bond motifs is 1. The van der Waals surface area contributed by atoms with Crippen LogP contribution >= 0.6 is 0 Å². The highest BCUT2D eigenvalue weighted by Gasteiger charge is 2.14. The van der Waals surface area contributed by atoms with Crippen LogP contribution in [-0.4, -0.2) is 33.2 Å². The van der Waals surface area contributed by atoms with E-state index in [4.69, 9.17) is 4.74 Å². The lowest BCUT2D eigenvalue weighted by Gasteiger charge is -2.19. The van der Waals surface area contributed by atoms with Crippen molar-refractivity contribution in [2.75, 3.05) is 6.54 Å². The number of hydrogen-bond acceptors (Lipinski definition) is 4. The summed E-state index contributed by atoms with van der Waals surface area (Å²) in [5, 5.41) is 2.65. The van der Waals surface area contributed by atoms with Crippen LogP contribution in [0.2, 0.25) is 0 Å². The molecule has 0 radical (unpaired) electrons. The number of carbonyl (C=O) groups excluding carboxylic acids is 1. The van der Waals surface area contributed by atoms with Crippen molar-refractivity contribution >= 4 is 23.3 Å². The Hall–Kier alpha value is -2.37. The van der Waals surface area contributed by atoms with Crippen molar-refractivity contribution in [1.82, 2.24) is 20.3 Å². The molecule has 2 aromatic rings. The molecular weight excluding hydrogens is 256 g/mol. The fourth-order valence-electron chi connectivity index (χ4n) is 1.59. The summed E-state index contributed by atoms with van der Waals surface area (Å²) in [6.07, 6.45) is 6.63. The van der Waals surface area contributed by atoms with Crippen LogP contribution in [0, 0.1) is 0 Å². The van der Waals surface area contributed by atoms with Gasteiger partial charge >= 0.3 is 6.09 Å². The SMILES string of the molecule is CC(C)(C)OC(=O)NCC=Cc1cnc2nc[nH]c2c1. The molecule has 2 rings (SSSR count). The van der Waals surface area contributed by atoms with E-state index in [1.54, 1.807) is 12.5 Å². The van der Waals surface area contributed by atoms with Gasteiger partial charge in [0.05, 0.1) is 11.8 Å². The number of hydrogen-bond donors (Lipinski definition) is 2. The van der Waals surface area contributed by atoms with Gasteiger partial charge in [0, 0.05) is 12.7 Å². The maximum absolute atomic E-state index is 11.4. The molecule has 0 spiro atoms. The third-order valence-corrected chi connectivity index (χ3v) is 2.37. The van der Waals surface area contributed by atoms with Gasteiger partial charge < -0.3 is 15.0 Å². The maximum atomic E-state index is 11.4. The average Bonchev–Trinajstić information content (AvgIpc) is 2.79. The number of nitrogens with zero attached hydrogens (tertiary/aromatic N) is 2. The second-order valence-corrected chi connectivity index (χ2v) is 5.33. The average molecular weight is 274 g/mol. The first-order valence-corrected chi connectivity index (χ1v) is 6.36. The molecule has 0 aliphatic carbocycles. The molecule has 2 N–H and O–H groups in total. The van der Waals surface area contributed by atoms with Crippen LogP contribution in [0.5, 0.6) is 0 Å². The molecule has 0 saturated carbocycles. The Bertz CT molecular complexity index is 625. The summed E-state index contributed by atoms with van der Waals surface area (Å²) < 4.78 is 5.13. The van der Waals surface area contributed by atoms with Crippen molar-refractivity contribution in [3.05, 3.63) is 30.2 Å². The summed E-state index contributed by atoms with van der Waals surface area (Å²) in [6, 6.07) is 1.94. The molecule has 2 aromatic heterocycles. The monoisotopic (exact) mass is 274 g/mol. The van der Waals surface area contributed by atoms with Crippen LogP contribution in [0.3, 0.4) is 0 Å². The Morgan fingerprint density at radius 2 is 2.25 bits per heavy atom. The minimum absolute atomic E-state index is 0.399. The van der Waals surface area contributed by atoms with E-state index in [1.807, 2.05) is 39.0 Å². The fourth-order valence-corrected chi connectivity index (χ4v) is 1.59. The highest BCUT2D eigenvalue weighted by atomic mass is 16.6. The van der Waals surface area contributed by atoms with Crippen LogP contribution in [0.1, 0.15) is 26.3 Å². The minimum Gasteiger partial charge on any atom is -0.444 e. The molecule has 0 fully saturated rings. The van der Waals surface area contributed by atoms with Crippen LogP contribution in [0.15, 0.2) is 24.7 Å². The second-order valence-electron chi connectivity index (χ2n) is 5.33. The van der Waals surface area contributed by atoms with E-state index < -0.39 is 11.7 Å². The Morgan fingerprint density at radius 1 is 1.45 bits per heavy atom. The van der Waals surface area contributed by atoms with Gasteiger partial charge in [0.2, 0.25) is 0 Å². The number of nitrogens with one attached hydrogen (secondary N) is 2.